The normalized spacial score (nSPS) is 33.2. The van der Waals surface area contributed by atoms with Crippen LogP contribution in [-0.2, 0) is 4.79 Å². The van der Waals surface area contributed by atoms with Gasteiger partial charge in [0.2, 0.25) is 0 Å². The van der Waals surface area contributed by atoms with Crippen LogP contribution in [-0.4, -0.2) is 5.78 Å². The standard InChI is InChI=1S/C14H22O/c1-2-3-4-14(15)8-7-13-10-11-5-6-12(13)9-11/h2,11-13H,1,3-10H2. The van der Waals surface area contributed by atoms with Crippen molar-refractivity contribution in [1.82, 2.24) is 0 Å². The largest absolute Gasteiger partial charge is 0.300 e. The molecule has 0 N–H and O–H groups in total. The average molecular weight is 206 g/mol. The summed E-state index contributed by atoms with van der Waals surface area (Å²) >= 11 is 0. The topological polar surface area (TPSA) is 17.1 Å². The molecule has 0 aliphatic heterocycles. The summed E-state index contributed by atoms with van der Waals surface area (Å²) in [6.45, 7) is 3.65. The molecule has 0 radical (unpaired) electrons. The molecular formula is C14H22O. The smallest absolute Gasteiger partial charge is 0.133 e. The van der Waals surface area contributed by atoms with E-state index >= 15 is 0 Å². The van der Waals surface area contributed by atoms with E-state index in [4.69, 9.17) is 0 Å². The molecule has 0 aromatic rings. The second-order valence-electron chi connectivity index (χ2n) is 5.34. The first-order valence-electron chi connectivity index (χ1n) is 6.42. The van der Waals surface area contributed by atoms with Crippen LogP contribution in [0, 0.1) is 17.8 Å². The third kappa shape index (κ3) is 2.70. The molecule has 2 aliphatic rings. The van der Waals surface area contributed by atoms with Gasteiger partial charge in [0.1, 0.15) is 5.78 Å². The Kier molecular flexibility index (Phi) is 3.61. The van der Waals surface area contributed by atoms with Gasteiger partial charge in [-0.05, 0) is 49.9 Å². The highest BCUT2D eigenvalue weighted by Crippen LogP contribution is 2.49. The molecule has 2 fully saturated rings. The monoisotopic (exact) mass is 206 g/mol. The number of rotatable bonds is 6. The highest BCUT2D eigenvalue weighted by molar-refractivity contribution is 5.78. The van der Waals surface area contributed by atoms with E-state index in [1.807, 2.05) is 6.08 Å². The van der Waals surface area contributed by atoms with Gasteiger partial charge in [0, 0.05) is 12.8 Å². The maximum atomic E-state index is 11.5. The summed E-state index contributed by atoms with van der Waals surface area (Å²) in [5.74, 6) is 3.32. The van der Waals surface area contributed by atoms with Crippen molar-refractivity contribution in [2.75, 3.05) is 0 Å². The van der Waals surface area contributed by atoms with Crippen LogP contribution in [0.25, 0.3) is 0 Å². The summed E-state index contributed by atoms with van der Waals surface area (Å²) in [7, 11) is 0. The van der Waals surface area contributed by atoms with Gasteiger partial charge in [-0.25, -0.2) is 0 Å². The molecule has 3 atom stereocenters. The van der Waals surface area contributed by atoms with E-state index in [1.54, 1.807) is 0 Å². The SMILES string of the molecule is C=CCCC(=O)CCC1CC2CCC1C2. The number of fused-ring (bicyclic) bond motifs is 2. The van der Waals surface area contributed by atoms with Gasteiger partial charge in [0.25, 0.3) is 0 Å². The van der Waals surface area contributed by atoms with Crippen LogP contribution >= 0.6 is 0 Å². The van der Waals surface area contributed by atoms with Crippen molar-refractivity contribution in [3.8, 4) is 0 Å². The zero-order valence-electron chi connectivity index (χ0n) is 9.58. The fourth-order valence-corrected chi connectivity index (χ4v) is 3.46. The number of carbonyl (C=O) groups excluding carboxylic acids is 1. The molecule has 2 aliphatic carbocycles. The van der Waals surface area contributed by atoms with Crippen LogP contribution in [0.15, 0.2) is 12.7 Å². The van der Waals surface area contributed by atoms with Crippen LogP contribution in [0.5, 0.6) is 0 Å². The van der Waals surface area contributed by atoms with E-state index in [0.717, 1.165) is 37.0 Å². The fourth-order valence-electron chi connectivity index (χ4n) is 3.46. The molecule has 2 bridgehead atoms. The Morgan fingerprint density at radius 1 is 1.27 bits per heavy atom. The van der Waals surface area contributed by atoms with Gasteiger partial charge in [-0.2, -0.15) is 0 Å². The minimum absolute atomic E-state index is 0.442. The molecule has 0 aromatic heterocycles. The summed E-state index contributed by atoms with van der Waals surface area (Å²) in [4.78, 5) is 11.5. The number of allylic oxidation sites excluding steroid dienone is 1. The first-order chi connectivity index (χ1) is 7.29. The molecular weight excluding hydrogens is 184 g/mol. The maximum Gasteiger partial charge on any atom is 0.133 e. The molecule has 15 heavy (non-hydrogen) atoms. The van der Waals surface area contributed by atoms with Crippen molar-refractivity contribution in [3.05, 3.63) is 12.7 Å². The van der Waals surface area contributed by atoms with Crippen LogP contribution in [0.4, 0.5) is 0 Å². The van der Waals surface area contributed by atoms with Gasteiger partial charge in [0.05, 0.1) is 0 Å². The van der Waals surface area contributed by atoms with Crippen molar-refractivity contribution in [1.29, 1.82) is 0 Å². The zero-order valence-corrected chi connectivity index (χ0v) is 9.58. The Bertz CT molecular complexity index is 244. The molecule has 84 valence electrons. The quantitative estimate of drug-likeness (QED) is 0.605. The average Bonchev–Trinajstić information content (AvgIpc) is 2.84. The molecule has 0 saturated heterocycles. The van der Waals surface area contributed by atoms with E-state index in [0.29, 0.717) is 12.2 Å². The number of ketones is 1. The molecule has 2 rings (SSSR count). The summed E-state index contributed by atoms with van der Waals surface area (Å²) in [6, 6.07) is 0. The van der Waals surface area contributed by atoms with Gasteiger partial charge in [-0.15, -0.1) is 6.58 Å². The first-order valence-corrected chi connectivity index (χ1v) is 6.42. The van der Waals surface area contributed by atoms with E-state index < -0.39 is 0 Å². The maximum absolute atomic E-state index is 11.5. The lowest BCUT2D eigenvalue weighted by atomic mass is 9.85. The summed E-state index contributed by atoms with van der Waals surface area (Å²) in [5.41, 5.74) is 0. The van der Waals surface area contributed by atoms with Crippen molar-refractivity contribution in [2.45, 2.75) is 51.4 Å². The minimum Gasteiger partial charge on any atom is -0.300 e. The third-order valence-corrected chi connectivity index (χ3v) is 4.31. The first kappa shape index (κ1) is 10.9. The predicted octanol–water partition coefficient (Wildman–Crippen LogP) is 3.74. The van der Waals surface area contributed by atoms with Crippen LogP contribution in [0.2, 0.25) is 0 Å². The van der Waals surface area contributed by atoms with Gasteiger partial charge in [-0.3, -0.25) is 4.79 Å². The Morgan fingerprint density at radius 2 is 2.13 bits per heavy atom. The Hall–Kier alpha value is -0.590. The molecule has 3 unspecified atom stereocenters. The molecule has 1 nitrogen and oxygen atoms in total. The summed E-state index contributed by atoms with van der Waals surface area (Å²) < 4.78 is 0. The highest BCUT2D eigenvalue weighted by atomic mass is 16.1. The Morgan fingerprint density at radius 3 is 2.73 bits per heavy atom. The van der Waals surface area contributed by atoms with Crippen molar-refractivity contribution in [2.24, 2.45) is 17.8 Å². The van der Waals surface area contributed by atoms with Crippen LogP contribution in [0.1, 0.15) is 51.4 Å². The number of hydrogen-bond acceptors (Lipinski definition) is 1. The van der Waals surface area contributed by atoms with E-state index in [-0.39, 0.29) is 0 Å². The number of carbonyl (C=O) groups is 1. The summed E-state index contributed by atoms with van der Waals surface area (Å²) in [6.07, 6.45) is 11.2. The van der Waals surface area contributed by atoms with Crippen molar-refractivity contribution < 1.29 is 4.79 Å². The minimum atomic E-state index is 0.442. The van der Waals surface area contributed by atoms with Crippen LogP contribution < -0.4 is 0 Å². The highest BCUT2D eigenvalue weighted by Gasteiger charge is 2.38. The second-order valence-corrected chi connectivity index (χ2v) is 5.34. The second kappa shape index (κ2) is 4.96. The lowest BCUT2D eigenvalue weighted by Crippen LogP contribution is -2.12. The lowest BCUT2D eigenvalue weighted by molar-refractivity contribution is -0.119. The molecule has 1 heteroatoms. The van der Waals surface area contributed by atoms with E-state index in [2.05, 4.69) is 6.58 Å². The summed E-state index contributed by atoms with van der Waals surface area (Å²) in [5, 5.41) is 0. The lowest BCUT2D eigenvalue weighted by Gasteiger charge is -2.20. The third-order valence-electron chi connectivity index (χ3n) is 4.31. The molecule has 0 amide bonds. The molecule has 0 aromatic carbocycles. The molecule has 0 heterocycles. The number of hydrogen-bond donors (Lipinski definition) is 0. The molecule has 2 saturated carbocycles. The fraction of sp³-hybridized carbons (Fsp3) is 0.786. The predicted molar refractivity (Wildman–Crippen MR) is 62.6 cm³/mol. The van der Waals surface area contributed by atoms with E-state index in [1.165, 1.54) is 25.7 Å². The van der Waals surface area contributed by atoms with Crippen molar-refractivity contribution >= 4 is 5.78 Å². The van der Waals surface area contributed by atoms with Gasteiger partial charge < -0.3 is 0 Å². The van der Waals surface area contributed by atoms with Gasteiger partial charge >= 0.3 is 0 Å². The van der Waals surface area contributed by atoms with Crippen molar-refractivity contribution in [3.63, 3.8) is 0 Å². The Labute approximate surface area is 92.9 Å². The number of Topliss-reactive ketones (excluding diaryl/α,β-unsaturated/α-hetero) is 1. The van der Waals surface area contributed by atoms with Gasteiger partial charge in [0.15, 0.2) is 0 Å². The zero-order chi connectivity index (χ0) is 10.7. The molecule has 0 spiro atoms. The van der Waals surface area contributed by atoms with Gasteiger partial charge in [-0.1, -0.05) is 12.5 Å². The Balaban J connectivity index is 1.65. The van der Waals surface area contributed by atoms with E-state index in [9.17, 15) is 4.79 Å². The van der Waals surface area contributed by atoms with Crippen LogP contribution in [0.3, 0.4) is 0 Å².